The molecule has 4 nitrogen and oxygen atoms in total. The summed E-state index contributed by atoms with van der Waals surface area (Å²) < 4.78 is 7.12. The highest BCUT2D eigenvalue weighted by atomic mass is 35.5. The second-order valence-electron chi connectivity index (χ2n) is 5.59. The van der Waals surface area contributed by atoms with E-state index in [1.807, 2.05) is 41.1 Å². The largest absolute Gasteiger partial charge is 0.497 e. The lowest BCUT2D eigenvalue weighted by Gasteiger charge is -2.07. The Bertz CT molecular complexity index is 903. The van der Waals surface area contributed by atoms with Gasteiger partial charge in [-0.05, 0) is 48.9 Å². The number of methoxy groups -OCH3 is 1. The zero-order valence-electron chi connectivity index (χ0n) is 13.0. The van der Waals surface area contributed by atoms with Crippen molar-refractivity contribution in [2.24, 2.45) is 0 Å². The van der Waals surface area contributed by atoms with Crippen molar-refractivity contribution in [3.05, 3.63) is 58.1 Å². The molecule has 0 atom stereocenters. The van der Waals surface area contributed by atoms with Crippen molar-refractivity contribution in [1.82, 2.24) is 9.78 Å². The number of fused-ring (bicyclic) bond motifs is 1. The molecule has 0 saturated carbocycles. The number of halogens is 2. The first-order chi connectivity index (χ1) is 11.7. The van der Waals surface area contributed by atoms with Gasteiger partial charge in [0.25, 0.3) is 0 Å². The molecule has 1 aromatic heterocycles. The van der Waals surface area contributed by atoms with Crippen LogP contribution >= 0.6 is 23.2 Å². The van der Waals surface area contributed by atoms with E-state index in [0.717, 1.165) is 41.5 Å². The highest BCUT2D eigenvalue weighted by Gasteiger charge is 2.24. The molecule has 0 spiro atoms. The van der Waals surface area contributed by atoms with Crippen molar-refractivity contribution in [3.8, 4) is 22.7 Å². The average Bonchev–Trinajstić information content (AvgIpc) is 3.20. The van der Waals surface area contributed by atoms with E-state index in [1.54, 1.807) is 13.2 Å². The van der Waals surface area contributed by atoms with Crippen LogP contribution in [0.2, 0.25) is 10.0 Å². The van der Waals surface area contributed by atoms with Crippen molar-refractivity contribution < 1.29 is 4.74 Å². The quantitative estimate of drug-likeness (QED) is 0.728. The van der Waals surface area contributed by atoms with Crippen molar-refractivity contribution in [2.75, 3.05) is 19.0 Å². The summed E-state index contributed by atoms with van der Waals surface area (Å²) in [4.78, 5) is 0. The van der Waals surface area contributed by atoms with Crippen LogP contribution in [0.4, 0.5) is 5.82 Å². The molecule has 3 aromatic rings. The van der Waals surface area contributed by atoms with E-state index >= 15 is 0 Å². The minimum absolute atomic E-state index is 0.516. The van der Waals surface area contributed by atoms with E-state index in [-0.39, 0.29) is 0 Å². The van der Waals surface area contributed by atoms with Crippen molar-refractivity contribution >= 4 is 29.0 Å². The molecule has 0 saturated heterocycles. The van der Waals surface area contributed by atoms with Gasteiger partial charge in [0.15, 0.2) is 0 Å². The molecule has 1 N–H and O–H groups in total. The first kappa shape index (κ1) is 15.4. The lowest BCUT2D eigenvalue weighted by molar-refractivity contribution is 0.415. The third-order valence-electron chi connectivity index (χ3n) is 4.16. The van der Waals surface area contributed by atoms with E-state index in [4.69, 9.17) is 33.0 Å². The number of nitrogens with one attached hydrogen (secondary N) is 1. The van der Waals surface area contributed by atoms with Crippen LogP contribution in [0, 0.1) is 0 Å². The molecule has 4 rings (SSSR count). The molecule has 0 bridgehead atoms. The van der Waals surface area contributed by atoms with Crippen molar-refractivity contribution in [1.29, 1.82) is 0 Å². The molecule has 6 heteroatoms. The summed E-state index contributed by atoms with van der Waals surface area (Å²) >= 11 is 12.2. The predicted molar refractivity (Wildman–Crippen MR) is 97.8 cm³/mol. The SMILES string of the molecule is COc1ccc(-c2nn(-c3ccc(Cl)c(Cl)c3)c3c2CCN3)cc1. The number of benzene rings is 2. The Hall–Kier alpha value is -2.17. The van der Waals surface area contributed by atoms with E-state index in [0.29, 0.717) is 10.0 Å². The van der Waals surface area contributed by atoms with Gasteiger partial charge in [-0.25, -0.2) is 4.68 Å². The Morgan fingerprint density at radius 2 is 1.88 bits per heavy atom. The maximum Gasteiger partial charge on any atom is 0.133 e. The smallest absolute Gasteiger partial charge is 0.133 e. The van der Waals surface area contributed by atoms with Crippen LogP contribution in [0.1, 0.15) is 5.56 Å². The van der Waals surface area contributed by atoms with Crippen LogP contribution in [-0.2, 0) is 6.42 Å². The number of aromatic nitrogens is 2. The average molecular weight is 360 g/mol. The Morgan fingerprint density at radius 3 is 2.58 bits per heavy atom. The first-order valence-electron chi connectivity index (χ1n) is 7.63. The lowest BCUT2D eigenvalue weighted by atomic mass is 10.1. The van der Waals surface area contributed by atoms with Crippen LogP contribution < -0.4 is 10.1 Å². The van der Waals surface area contributed by atoms with Crippen LogP contribution in [0.25, 0.3) is 16.9 Å². The number of hydrogen-bond acceptors (Lipinski definition) is 3. The topological polar surface area (TPSA) is 39.1 Å². The van der Waals surface area contributed by atoms with Gasteiger partial charge in [0.05, 0.1) is 28.5 Å². The molecule has 0 radical (unpaired) electrons. The van der Waals surface area contributed by atoms with E-state index < -0.39 is 0 Å². The fourth-order valence-corrected chi connectivity index (χ4v) is 3.25. The molecule has 122 valence electrons. The van der Waals surface area contributed by atoms with Gasteiger partial charge >= 0.3 is 0 Å². The van der Waals surface area contributed by atoms with E-state index in [1.165, 1.54) is 5.56 Å². The maximum atomic E-state index is 6.16. The summed E-state index contributed by atoms with van der Waals surface area (Å²) in [6.45, 7) is 0.900. The molecule has 24 heavy (non-hydrogen) atoms. The van der Waals surface area contributed by atoms with E-state index in [2.05, 4.69) is 5.32 Å². The Labute approximate surface area is 150 Å². The highest BCUT2D eigenvalue weighted by Crippen LogP contribution is 2.36. The molecule has 0 amide bonds. The molecule has 0 fully saturated rings. The third-order valence-corrected chi connectivity index (χ3v) is 4.90. The maximum absolute atomic E-state index is 6.16. The molecule has 0 unspecified atom stereocenters. The standard InChI is InChI=1S/C18H15Cl2N3O/c1-24-13-5-2-11(3-6-13)17-14-8-9-21-18(14)23(22-17)12-4-7-15(19)16(20)10-12/h2-7,10,21H,8-9H2,1H3. The Balaban J connectivity index is 1.83. The molecule has 1 aliphatic heterocycles. The molecule has 0 aliphatic carbocycles. The Morgan fingerprint density at radius 1 is 1.08 bits per heavy atom. The van der Waals surface area contributed by atoms with E-state index in [9.17, 15) is 0 Å². The number of rotatable bonds is 3. The second kappa shape index (κ2) is 6.04. The van der Waals surface area contributed by atoms with Gasteiger partial charge in [-0.3, -0.25) is 0 Å². The van der Waals surface area contributed by atoms with Crippen molar-refractivity contribution in [3.63, 3.8) is 0 Å². The summed E-state index contributed by atoms with van der Waals surface area (Å²) in [6, 6.07) is 13.5. The Kier molecular flexibility index (Phi) is 3.87. The van der Waals surface area contributed by atoms with Gasteiger partial charge in [0.1, 0.15) is 11.6 Å². The molecular formula is C18H15Cl2N3O. The summed E-state index contributed by atoms with van der Waals surface area (Å²) in [5.41, 5.74) is 4.14. The third kappa shape index (κ3) is 2.52. The monoisotopic (exact) mass is 359 g/mol. The van der Waals surface area contributed by atoms with Gasteiger partial charge in [0.2, 0.25) is 0 Å². The normalized spacial score (nSPS) is 12.8. The number of hydrogen-bond donors (Lipinski definition) is 1. The van der Waals surface area contributed by atoms with Crippen LogP contribution in [0.5, 0.6) is 5.75 Å². The highest BCUT2D eigenvalue weighted by molar-refractivity contribution is 6.42. The fourth-order valence-electron chi connectivity index (χ4n) is 2.96. The van der Waals surface area contributed by atoms with Gasteiger partial charge in [-0.1, -0.05) is 23.2 Å². The molecule has 1 aliphatic rings. The number of ether oxygens (including phenoxy) is 1. The molecular weight excluding hydrogens is 345 g/mol. The van der Waals surface area contributed by atoms with Crippen LogP contribution in [-0.4, -0.2) is 23.4 Å². The summed E-state index contributed by atoms with van der Waals surface area (Å²) in [7, 11) is 1.66. The predicted octanol–water partition coefficient (Wildman–Crippen LogP) is 4.82. The zero-order valence-corrected chi connectivity index (χ0v) is 14.5. The number of nitrogens with zero attached hydrogens (tertiary/aromatic N) is 2. The van der Waals surface area contributed by atoms with Gasteiger partial charge in [-0.15, -0.1) is 0 Å². The summed E-state index contributed by atoms with van der Waals surface area (Å²) in [5, 5.41) is 9.27. The minimum atomic E-state index is 0.516. The molecule has 2 aromatic carbocycles. The van der Waals surface area contributed by atoms with Gasteiger partial charge in [0, 0.05) is 17.7 Å². The second-order valence-corrected chi connectivity index (χ2v) is 6.41. The van der Waals surface area contributed by atoms with Gasteiger partial charge < -0.3 is 10.1 Å². The molecule has 2 heterocycles. The zero-order chi connectivity index (χ0) is 16.7. The summed E-state index contributed by atoms with van der Waals surface area (Å²) in [5.74, 6) is 1.84. The van der Waals surface area contributed by atoms with Crippen molar-refractivity contribution in [2.45, 2.75) is 6.42 Å². The summed E-state index contributed by atoms with van der Waals surface area (Å²) in [6.07, 6.45) is 0.942. The number of anilines is 1. The fraction of sp³-hybridized carbons (Fsp3) is 0.167. The lowest BCUT2D eigenvalue weighted by Crippen LogP contribution is -2.04. The van der Waals surface area contributed by atoms with Crippen LogP contribution in [0.15, 0.2) is 42.5 Å². The van der Waals surface area contributed by atoms with Gasteiger partial charge in [-0.2, -0.15) is 5.10 Å². The minimum Gasteiger partial charge on any atom is -0.497 e. The van der Waals surface area contributed by atoms with Crippen LogP contribution in [0.3, 0.4) is 0 Å². The first-order valence-corrected chi connectivity index (χ1v) is 8.38.